The van der Waals surface area contributed by atoms with Crippen LogP contribution in [0.2, 0.25) is 0 Å². The molecule has 4 nitrogen and oxygen atoms in total. The standard InChI is InChI=1S/C17H24N2O2/c18-9-16(12-4-2-1-3-5-12)19-17(20)13-6-7-14-10-21-11-15(14)8-13/h6-8,12,16H,1-5,9-11,18H2,(H,19,20). The minimum Gasteiger partial charge on any atom is -0.372 e. The average Bonchev–Trinajstić information content (AvgIpc) is 3.00. The van der Waals surface area contributed by atoms with Crippen LogP contribution in [-0.2, 0) is 18.0 Å². The van der Waals surface area contributed by atoms with Crippen LogP contribution in [0.1, 0.15) is 53.6 Å². The lowest BCUT2D eigenvalue weighted by molar-refractivity contribution is 0.0915. The smallest absolute Gasteiger partial charge is 0.251 e. The highest BCUT2D eigenvalue weighted by atomic mass is 16.5. The van der Waals surface area contributed by atoms with Gasteiger partial charge in [0.2, 0.25) is 0 Å². The third-order valence-corrected chi connectivity index (χ3v) is 4.77. The number of carbonyl (C=O) groups is 1. The Morgan fingerprint density at radius 3 is 2.76 bits per heavy atom. The van der Waals surface area contributed by atoms with E-state index in [1.165, 1.54) is 37.7 Å². The SMILES string of the molecule is NCC(NC(=O)c1ccc2c(c1)COC2)C1CCCCC1. The van der Waals surface area contributed by atoms with Gasteiger partial charge in [-0.2, -0.15) is 0 Å². The Hall–Kier alpha value is -1.39. The summed E-state index contributed by atoms with van der Waals surface area (Å²) in [4.78, 5) is 12.4. The number of fused-ring (bicyclic) bond motifs is 1. The van der Waals surface area contributed by atoms with Gasteiger partial charge in [0.15, 0.2) is 0 Å². The third kappa shape index (κ3) is 3.27. The predicted octanol–water partition coefficient (Wildman–Crippen LogP) is 2.35. The number of nitrogens with two attached hydrogens (primary N) is 1. The van der Waals surface area contributed by atoms with Gasteiger partial charge in [0, 0.05) is 18.2 Å². The van der Waals surface area contributed by atoms with Gasteiger partial charge in [-0.15, -0.1) is 0 Å². The fraction of sp³-hybridized carbons (Fsp3) is 0.588. The van der Waals surface area contributed by atoms with E-state index in [9.17, 15) is 4.79 Å². The van der Waals surface area contributed by atoms with E-state index in [2.05, 4.69) is 5.32 Å². The van der Waals surface area contributed by atoms with Crippen molar-refractivity contribution in [2.24, 2.45) is 11.7 Å². The molecule has 1 saturated carbocycles. The topological polar surface area (TPSA) is 64.3 Å². The van der Waals surface area contributed by atoms with Gasteiger partial charge < -0.3 is 15.8 Å². The number of rotatable bonds is 4. The molecule has 1 amide bonds. The maximum Gasteiger partial charge on any atom is 0.251 e. The van der Waals surface area contributed by atoms with Crippen LogP contribution in [0.25, 0.3) is 0 Å². The Kier molecular flexibility index (Phi) is 4.56. The first-order valence-electron chi connectivity index (χ1n) is 7.98. The van der Waals surface area contributed by atoms with E-state index in [1.54, 1.807) is 0 Å². The van der Waals surface area contributed by atoms with E-state index in [4.69, 9.17) is 10.5 Å². The van der Waals surface area contributed by atoms with Crippen LogP contribution in [0.15, 0.2) is 18.2 Å². The number of hydrogen-bond donors (Lipinski definition) is 2. The lowest BCUT2D eigenvalue weighted by atomic mass is 9.84. The molecule has 0 spiro atoms. The molecule has 3 rings (SSSR count). The molecule has 1 fully saturated rings. The summed E-state index contributed by atoms with van der Waals surface area (Å²) in [6.45, 7) is 1.79. The van der Waals surface area contributed by atoms with Crippen molar-refractivity contribution >= 4 is 5.91 Å². The molecule has 0 aromatic heterocycles. The normalized spacial score (nSPS) is 20.0. The van der Waals surface area contributed by atoms with Crippen molar-refractivity contribution in [2.45, 2.75) is 51.4 Å². The first-order chi connectivity index (χ1) is 10.3. The van der Waals surface area contributed by atoms with Crippen LogP contribution in [0.3, 0.4) is 0 Å². The number of carbonyl (C=O) groups excluding carboxylic acids is 1. The molecule has 1 heterocycles. The Labute approximate surface area is 126 Å². The second-order valence-corrected chi connectivity index (χ2v) is 6.19. The summed E-state index contributed by atoms with van der Waals surface area (Å²) in [5.41, 5.74) is 8.92. The summed E-state index contributed by atoms with van der Waals surface area (Å²) in [7, 11) is 0. The van der Waals surface area contributed by atoms with Crippen molar-refractivity contribution < 1.29 is 9.53 Å². The lowest BCUT2D eigenvalue weighted by Gasteiger charge is -2.30. The number of nitrogens with one attached hydrogen (secondary N) is 1. The minimum atomic E-state index is -0.00859. The molecule has 4 heteroatoms. The van der Waals surface area contributed by atoms with Crippen LogP contribution >= 0.6 is 0 Å². The van der Waals surface area contributed by atoms with Crippen LogP contribution in [0.4, 0.5) is 0 Å². The molecule has 2 aliphatic rings. The monoisotopic (exact) mass is 288 g/mol. The van der Waals surface area contributed by atoms with E-state index in [-0.39, 0.29) is 11.9 Å². The Morgan fingerprint density at radius 1 is 1.24 bits per heavy atom. The van der Waals surface area contributed by atoms with Crippen molar-refractivity contribution in [3.8, 4) is 0 Å². The van der Waals surface area contributed by atoms with E-state index in [0.717, 1.165) is 5.56 Å². The van der Waals surface area contributed by atoms with Gasteiger partial charge in [-0.05, 0) is 42.0 Å². The zero-order valence-electron chi connectivity index (χ0n) is 12.4. The molecule has 1 aromatic carbocycles. The highest BCUT2D eigenvalue weighted by Gasteiger charge is 2.24. The molecule has 0 radical (unpaired) electrons. The summed E-state index contributed by atoms with van der Waals surface area (Å²) in [6, 6.07) is 5.93. The van der Waals surface area contributed by atoms with Crippen molar-refractivity contribution in [3.63, 3.8) is 0 Å². The summed E-state index contributed by atoms with van der Waals surface area (Å²) in [5, 5.41) is 3.14. The van der Waals surface area contributed by atoms with E-state index >= 15 is 0 Å². The van der Waals surface area contributed by atoms with Gasteiger partial charge in [0.1, 0.15) is 0 Å². The quantitative estimate of drug-likeness (QED) is 0.894. The molecular weight excluding hydrogens is 264 g/mol. The second-order valence-electron chi connectivity index (χ2n) is 6.19. The fourth-order valence-corrected chi connectivity index (χ4v) is 3.47. The molecule has 1 aromatic rings. The van der Waals surface area contributed by atoms with Crippen molar-refractivity contribution in [1.82, 2.24) is 5.32 Å². The average molecular weight is 288 g/mol. The molecule has 0 bridgehead atoms. The zero-order valence-corrected chi connectivity index (χ0v) is 12.4. The van der Waals surface area contributed by atoms with Crippen molar-refractivity contribution in [3.05, 3.63) is 34.9 Å². The minimum absolute atomic E-state index is 0.00859. The van der Waals surface area contributed by atoms with Crippen LogP contribution in [0, 0.1) is 5.92 Å². The molecule has 114 valence electrons. The maximum absolute atomic E-state index is 12.4. The van der Waals surface area contributed by atoms with Gasteiger partial charge in [-0.1, -0.05) is 25.3 Å². The molecular formula is C17H24N2O2. The summed E-state index contributed by atoms with van der Waals surface area (Å²) >= 11 is 0. The van der Waals surface area contributed by atoms with E-state index in [1.807, 2.05) is 18.2 Å². The van der Waals surface area contributed by atoms with Gasteiger partial charge >= 0.3 is 0 Å². The van der Waals surface area contributed by atoms with Crippen LogP contribution < -0.4 is 11.1 Å². The second kappa shape index (κ2) is 6.58. The summed E-state index contributed by atoms with van der Waals surface area (Å²) < 4.78 is 5.40. The predicted molar refractivity (Wildman–Crippen MR) is 81.8 cm³/mol. The third-order valence-electron chi connectivity index (χ3n) is 4.77. The fourth-order valence-electron chi connectivity index (χ4n) is 3.47. The van der Waals surface area contributed by atoms with Crippen molar-refractivity contribution in [2.75, 3.05) is 6.54 Å². The molecule has 1 unspecified atom stereocenters. The highest BCUT2D eigenvalue weighted by Crippen LogP contribution is 2.26. The molecule has 1 atom stereocenters. The van der Waals surface area contributed by atoms with Crippen molar-refractivity contribution in [1.29, 1.82) is 0 Å². The first-order valence-corrected chi connectivity index (χ1v) is 7.98. The molecule has 0 saturated heterocycles. The first kappa shape index (κ1) is 14.5. The molecule has 3 N–H and O–H groups in total. The van der Waals surface area contributed by atoms with Gasteiger partial charge in [0.25, 0.3) is 5.91 Å². The van der Waals surface area contributed by atoms with Gasteiger partial charge in [0.05, 0.1) is 13.2 Å². The number of benzene rings is 1. The summed E-state index contributed by atoms with van der Waals surface area (Å²) in [5.74, 6) is 0.524. The molecule has 1 aliphatic carbocycles. The number of hydrogen-bond acceptors (Lipinski definition) is 3. The van der Waals surface area contributed by atoms with Gasteiger partial charge in [-0.25, -0.2) is 0 Å². The largest absolute Gasteiger partial charge is 0.372 e. The Morgan fingerprint density at radius 2 is 2.00 bits per heavy atom. The lowest BCUT2D eigenvalue weighted by Crippen LogP contribution is -2.45. The summed E-state index contributed by atoms with van der Waals surface area (Å²) in [6.07, 6.45) is 6.19. The number of ether oxygens (including phenoxy) is 1. The zero-order chi connectivity index (χ0) is 14.7. The maximum atomic E-state index is 12.4. The highest BCUT2D eigenvalue weighted by molar-refractivity contribution is 5.94. The molecule has 21 heavy (non-hydrogen) atoms. The van der Waals surface area contributed by atoms with E-state index in [0.29, 0.717) is 31.2 Å². The Bertz CT molecular complexity index is 510. The molecule has 1 aliphatic heterocycles. The van der Waals surface area contributed by atoms with Crippen LogP contribution in [-0.4, -0.2) is 18.5 Å². The van der Waals surface area contributed by atoms with Crippen LogP contribution in [0.5, 0.6) is 0 Å². The number of amides is 1. The van der Waals surface area contributed by atoms with E-state index < -0.39 is 0 Å². The van der Waals surface area contributed by atoms with Gasteiger partial charge in [-0.3, -0.25) is 4.79 Å². The Balaban J connectivity index is 1.66.